The summed E-state index contributed by atoms with van der Waals surface area (Å²) in [5.41, 5.74) is 3.10. The Hall–Kier alpha value is -2.11. The molecule has 0 fully saturated rings. The van der Waals surface area contributed by atoms with Gasteiger partial charge in [0.05, 0.1) is 16.3 Å². The summed E-state index contributed by atoms with van der Waals surface area (Å²) < 4.78 is 0. The molecular weight excluding hydrogens is 372 g/mol. The summed E-state index contributed by atoms with van der Waals surface area (Å²) in [6.07, 6.45) is 1.88. The zero-order valence-electron chi connectivity index (χ0n) is 15.6. The Labute approximate surface area is 169 Å². The van der Waals surface area contributed by atoms with Gasteiger partial charge in [0.25, 0.3) is 5.91 Å². The van der Waals surface area contributed by atoms with E-state index in [4.69, 9.17) is 0 Å². The fourth-order valence-corrected chi connectivity index (χ4v) is 4.47. The molecule has 0 saturated heterocycles. The van der Waals surface area contributed by atoms with E-state index in [-0.39, 0.29) is 11.9 Å². The molecule has 140 valence electrons. The number of aromatic nitrogens is 1. The van der Waals surface area contributed by atoms with E-state index in [1.807, 2.05) is 37.3 Å². The number of amides is 1. The van der Waals surface area contributed by atoms with Crippen molar-refractivity contribution in [3.8, 4) is 0 Å². The lowest BCUT2D eigenvalue weighted by Crippen LogP contribution is -2.33. The first-order chi connectivity index (χ1) is 13.1. The van der Waals surface area contributed by atoms with Gasteiger partial charge in [0.15, 0.2) is 0 Å². The van der Waals surface area contributed by atoms with Crippen LogP contribution in [0.1, 0.15) is 40.0 Å². The highest BCUT2D eigenvalue weighted by molar-refractivity contribution is 7.98. The molecule has 1 heterocycles. The second kappa shape index (κ2) is 9.72. The highest BCUT2D eigenvalue weighted by atomic mass is 32.2. The number of hydrogen-bond acceptors (Lipinski definition) is 4. The standard InChI is InChI=1S/C22H24N2OS2/c1-16(12-13-18-8-4-3-5-9-18)23-22(25)20-10-6-7-11-21(20)27-15-19-14-26-17(2)24-19/h3-11,14,16H,12-13,15H2,1-2H3,(H,23,25). The summed E-state index contributed by atoms with van der Waals surface area (Å²) in [6, 6.07) is 18.3. The van der Waals surface area contributed by atoms with Crippen molar-refractivity contribution in [2.45, 2.75) is 43.4 Å². The van der Waals surface area contributed by atoms with Gasteiger partial charge in [-0.1, -0.05) is 42.5 Å². The molecule has 1 N–H and O–H groups in total. The maximum atomic E-state index is 12.8. The molecule has 0 aliphatic carbocycles. The molecule has 2 aromatic carbocycles. The number of rotatable bonds is 8. The summed E-state index contributed by atoms with van der Waals surface area (Å²) in [6.45, 7) is 4.08. The summed E-state index contributed by atoms with van der Waals surface area (Å²) in [5, 5.41) is 6.30. The van der Waals surface area contributed by atoms with Gasteiger partial charge in [0.1, 0.15) is 0 Å². The van der Waals surface area contributed by atoms with Crippen LogP contribution in [0.5, 0.6) is 0 Å². The van der Waals surface area contributed by atoms with Crippen molar-refractivity contribution in [1.29, 1.82) is 0 Å². The third-order valence-electron chi connectivity index (χ3n) is 4.26. The van der Waals surface area contributed by atoms with Crippen molar-refractivity contribution in [2.24, 2.45) is 0 Å². The van der Waals surface area contributed by atoms with Crippen molar-refractivity contribution < 1.29 is 4.79 Å². The molecular formula is C22H24N2OS2. The van der Waals surface area contributed by atoms with Crippen molar-refractivity contribution >= 4 is 29.0 Å². The fourth-order valence-electron chi connectivity index (χ4n) is 2.81. The Balaban J connectivity index is 1.57. The molecule has 3 rings (SSSR count). The lowest BCUT2D eigenvalue weighted by molar-refractivity contribution is 0.0935. The fraction of sp³-hybridized carbons (Fsp3) is 0.273. The predicted octanol–water partition coefficient (Wildman–Crippen LogP) is 5.49. The lowest BCUT2D eigenvalue weighted by atomic mass is 10.1. The minimum atomic E-state index is -0.00637. The Morgan fingerprint density at radius 3 is 2.63 bits per heavy atom. The molecule has 3 nitrogen and oxygen atoms in total. The Bertz CT molecular complexity index is 877. The minimum absolute atomic E-state index is 0.00637. The number of benzene rings is 2. The number of hydrogen-bond donors (Lipinski definition) is 1. The quantitative estimate of drug-likeness (QED) is 0.512. The largest absolute Gasteiger partial charge is 0.350 e. The van der Waals surface area contributed by atoms with Crippen LogP contribution < -0.4 is 5.32 Å². The van der Waals surface area contributed by atoms with Crippen LogP contribution in [-0.2, 0) is 12.2 Å². The molecule has 3 aromatic rings. The van der Waals surface area contributed by atoms with E-state index in [0.717, 1.165) is 39.8 Å². The summed E-state index contributed by atoms with van der Waals surface area (Å²) in [4.78, 5) is 18.3. The van der Waals surface area contributed by atoms with Gasteiger partial charge < -0.3 is 5.32 Å². The van der Waals surface area contributed by atoms with Crippen molar-refractivity contribution in [1.82, 2.24) is 10.3 Å². The first-order valence-corrected chi connectivity index (χ1v) is 11.0. The minimum Gasteiger partial charge on any atom is -0.350 e. The van der Waals surface area contributed by atoms with Crippen molar-refractivity contribution in [2.75, 3.05) is 0 Å². The summed E-state index contributed by atoms with van der Waals surface area (Å²) in [7, 11) is 0. The number of nitrogens with one attached hydrogen (secondary N) is 1. The first-order valence-electron chi connectivity index (χ1n) is 9.09. The number of aryl methyl sites for hydroxylation is 2. The lowest BCUT2D eigenvalue weighted by Gasteiger charge is -2.15. The molecule has 1 aromatic heterocycles. The van der Waals surface area contributed by atoms with Crippen molar-refractivity contribution in [3.05, 3.63) is 81.8 Å². The molecule has 1 amide bonds. The van der Waals surface area contributed by atoms with Crippen LogP contribution in [0.3, 0.4) is 0 Å². The average molecular weight is 397 g/mol. The van der Waals surface area contributed by atoms with Crippen LogP contribution in [0.25, 0.3) is 0 Å². The number of carbonyl (C=O) groups excluding carboxylic acids is 1. The molecule has 0 aliphatic heterocycles. The average Bonchev–Trinajstić information content (AvgIpc) is 3.11. The number of thiazole rings is 1. The second-order valence-electron chi connectivity index (χ2n) is 6.54. The second-order valence-corrected chi connectivity index (χ2v) is 8.62. The molecule has 0 radical (unpaired) electrons. The van der Waals surface area contributed by atoms with Crippen LogP contribution in [0.2, 0.25) is 0 Å². The zero-order valence-corrected chi connectivity index (χ0v) is 17.3. The molecule has 1 unspecified atom stereocenters. The van der Waals surface area contributed by atoms with Gasteiger partial charge in [-0.3, -0.25) is 4.79 Å². The Kier molecular flexibility index (Phi) is 7.07. The van der Waals surface area contributed by atoms with Crippen LogP contribution in [0, 0.1) is 6.92 Å². The molecule has 5 heteroatoms. The maximum absolute atomic E-state index is 12.8. The van der Waals surface area contributed by atoms with Crippen LogP contribution >= 0.6 is 23.1 Å². The topological polar surface area (TPSA) is 42.0 Å². The van der Waals surface area contributed by atoms with Gasteiger partial charge in [0, 0.05) is 22.1 Å². The van der Waals surface area contributed by atoms with Gasteiger partial charge in [-0.25, -0.2) is 4.98 Å². The van der Waals surface area contributed by atoms with Gasteiger partial charge in [-0.05, 0) is 44.4 Å². The van der Waals surface area contributed by atoms with Crippen LogP contribution in [0.4, 0.5) is 0 Å². The van der Waals surface area contributed by atoms with Gasteiger partial charge in [0.2, 0.25) is 0 Å². The summed E-state index contributed by atoms with van der Waals surface area (Å²) >= 11 is 3.32. The van der Waals surface area contributed by atoms with E-state index in [0.29, 0.717) is 0 Å². The monoisotopic (exact) mass is 396 g/mol. The van der Waals surface area contributed by atoms with Gasteiger partial charge >= 0.3 is 0 Å². The molecule has 0 aliphatic rings. The molecule has 27 heavy (non-hydrogen) atoms. The van der Waals surface area contributed by atoms with Crippen molar-refractivity contribution in [3.63, 3.8) is 0 Å². The third kappa shape index (κ3) is 5.94. The first kappa shape index (κ1) is 19.6. The Morgan fingerprint density at radius 2 is 1.89 bits per heavy atom. The van der Waals surface area contributed by atoms with E-state index in [9.17, 15) is 4.79 Å². The highest BCUT2D eigenvalue weighted by Crippen LogP contribution is 2.27. The zero-order chi connectivity index (χ0) is 19.1. The smallest absolute Gasteiger partial charge is 0.252 e. The molecule has 0 saturated carbocycles. The van der Waals surface area contributed by atoms with E-state index < -0.39 is 0 Å². The normalized spacial score (nSPS) is 11.9. The van der Waals surface area contributed by atoms with E-state index in [1.165, 1.54) is 5.56 Å². The SMILES string of the molecule is Cc1nc(CSc2ccccc2C(=O)NC(C)CCc2ccccc2)cs1. The Morgan fingerprint density at radius 1 is 1.15 bits per heavy atom. The number of nitrogens with zero attached hydrogens (tertiary/aromatic N) is 1. The highest BCUT2D eigenvalue weighted by Gasteiger charge is 2.14. The van der Waals surface area contributed by atoms with Gasteiger partial charge in [-0.15, -0.1) is 23.1 Å². The van der Waals surface area contributed by atoms with Gasteiger partial charge in [-0.2, -0.15) is 0 Å². The molecule has 1 atom stereocenters. The predicted molar refractivity (Wildman–Crippen MR) is 115 cm³/mol. The van der Waals surface area contributed by atoms with E-state index >= 15 is 0 Å². The number of carbonyl (C=O) groups is 1. The number of thioether (sulfide) groups is 1. The van der Waals surface area contributed by atoms with Crippen LogP contribution in [-0.4, -0.2) is 16.9 Å². The molecule has 0 spiro atoms. The maximum Gasteiger partial charge on any atom is 0.252 e. The van der Waals surface area contributed by atoms with E-state index in [2.05, 4.69) is 46.9 Å². The summed E-state index contributed by atoms with van der Waals surface area (Å²) in [5.74, 6) is 0.770. The molecule has 0 bridgehead atoms. The van der Waals surface area contributed by atoms with Crippen LogP contribution in [0.15, 0.2) is 64.9 Å². The van der Waals surface area contributed by atoms with E-state index in [1.54, 1.807) is 23.1 Å². The third-order valence-corrected chi connectivity index (χ3v) is 6.19.